The molecule has 1 heterocycles. The molecule has 1 aromatic rings. The van der Waals surface area contributed by atoms with E-state index in [2.05, 4.69) is 32.8 Å². The van der Waals surface area contributed by atoms with E-state index in [4.69, 9.17) is 4.74 Å². The molecule has 0 fully saturated rings. The van der Waals surface area contributed by atoms with Gasteiger partial charge in [-0.1, -0.05) is 13.8 Å². The molecule has 4 nitrogen and oxygen atoms in total. The third-order valence-electron chi connectivity index (χ3n) is 3.83. The standard InChI is InChI=1S/C15H28N2O2/c1-6-15(7-2,19-8-3)14(18)11-13-9-10-17(16-13)12(4)5/h9-10,12,14,18H,6-8,11H2,1-5H3. The molecule has 0 aliphatic carbocycles. The largest absolute Gasteiger partial charge is 0.390 e. The van der Waals surface area contributed by atoms with Crippen LogP contribution in [0.25, 0.3) is 0 Å². The summed E-state index contributed by atoms with van der Waals surface area (Å²) in [6, 6.07) is 2.32. The second-order valence-electron chi connectivity index (χ2n) is 5.31. The Labute approximate surface area is 116 Å². The minimum Gasteiger partial charge on any atom is -0.390 e. The molecule has 4 heteroatoms. The van der Waals surface area contributed by atoms with Crippen LogP contribution in [0.5, 0.6) is 0 Å². The Morgan fingerprint density at radius 2 is 1.95 bits per heavy atom. The highest BCUT2D eigenvalue weighted by atomic mass is 16.5. The molecular weight excluding hydrogens is 240 g/mol. The van der Waals surface area contributed by atoms with Crippen molar-refractivity contribution in [2.75, 3.05) is 6.61 Å². The summed E-state index contributed by atoms with van der Waals surface area (Å²) >= 11 is 0. The molecule has 0 amide bonds. The van der Waals surface area contributed by atoms with E-state index >= 15 is 0 Å². The van der Waals surface area contributed by atoms with Gasteiger partial charge in [0.25, 0.3) is 0 Å². The lowest BCUT2D eigenvalue weighted by Crippen LogP contribution is -2.45. The van der Waals surface area contributed by atoms with E-state index < -0.39 is 11.7 Å². The maximum Gasteiger partial charge on any atom is 0.0938 e. The normalized spacial score (nSPS) is 14.1. The molecule has 0 radical (unpaired) electrons. The average molecular weight is 268 g/mol. The van der Waals surface area contributed by atoms with Gasteiger partial charge in [0, 0.05) is 25.3 Å². The number of hydrogen-bond acceptors (Lipinski definition) is 3. The smallest absolute Gasteiger partial charge is 0.0938 e. The second-order valence-corrected chi connectivity index (χ2v) is 5.31. The SMILES string of the molecule is CCOC(CC)(CC)C(O)Cc1ccn(C(C)C)n1. The summed E-state index contributed by atoms with van der Waals surface area (Å²) in [5.74, 6) is 0. The van der Waals surface area contributed by atoms with Crippen LogP contribution in [0.3, 0.4) is 0 Å². The Morgan fingerprint density at radius 1 is 1.32 bits per heavy atom. The summed E-state index contributed by atoms with van der Waals surface area (Å²) in [5, 5.41) is 15.0. The Kier molecular flexibility index (Phi) is 6.01. The number of aliphatic hydroxyl groups is 1. The van der Waals surface area contributed by atoms with Crippen LogP contribution in [0, 0.1) is 0 Å². The Morgan fingerprint density at radius 3 is 2.37 bits per heavy atom. The number of aliphatic hydroxyl groups excluding tert-OH is 1. The van der Waals surface area contributed by atoms with Crippen molar-refractivity contribution in [2.24, 2.45) is 0 Å². The molecule has 0 bridgehead atoms. The maximum atomic E-state index is 10.5. The van der Waals surface area contributed by atoms with Gasteiger partial charge in [0.2, 0.25) is 0 Å². The van der Waals surface area contributed by atoms with Crippen molar-refractivity contribution in [3.8, 4) is 0 Å². The number of hydrogen-bond donors (Lipinski definition) is 1. The summed E-state index contributed by atoms with van der Waals surface area (Å²) in [6.45, 7) is 10.9. The fourth-order valence-electron chi connectivity index (χ4n) is 2.47. The molecule has 0 saturated carbocycles. The molecule has 110 valence electrons. The fourth-order valence-corrected chi connectivity index (χ4v) is 2.47. The summed E-state index contributed by atoms with van der Waals surface area (Å²) in [4.78, 5) is 0. The van der Waals surface area contributed by atoms with E-state index in [-0.39, 0.29) is 0 Å². The number of ether oxygens (including phenoxy) is 1. The van der Waals surface area contributed by atoms with E-state index in [1.54, 1.807) is 0 Å². The predicted octanol–water partition coefficient (Wildman–Crippen LogP) is 2.96. The predicted molar refractivity (Wildman–Crippen MR) is 77.3 cm³/mol. The van der Waals surface area contributed by atoms with Crippen LogP contribution < -0.4 is 0 Å². The van der Waals surface area contributed by atoms with Crippen molar-refractivity contribution in [1.82, 2.24) is 9.78 Å². The van der Waals surface area contributed by atoms with Crippen LogP contribution in [0.4, 0.5) is 0 Å². The first-order valence-corrected chi connectivity index (χ1v) is 7.35. The first kappa shape index (κ1) is 16.2. The van der Waals surface area contributed by atoms with E-state index in [1.807, 2.05) is 23.9 Å². The molecule has 0 spiro atoms. The molecule has 1 unspecified atom stereocenters. The van der Waals surface area contributed by atoms with E-state index in [1.165, 1.54) is 0 Å². The first-order valence-electron chi connectivity index (χ1n) is 7.35. The Hall–Kier alpha value is -0.870. The lowest BCUT2D eigenvalue weighted by Gasteiger charge is -2.36. The second kappa shape index (κ2) is 7.06. The van der Waals surface area contributed by atoms with Gasteiger partial charge in [-0.25, -0.2) is 0 Å². The molecule has 0 aromatic carbocycles. The van der Waals surface area contributed by atoms with Crippen LogP contribution in [-0.2, 0) is 11.2 Å². The fraction of sp³-hybridized carbons (Fsp3) is 0.800. The highest BCUT2D eigenvalue weighted by molar-refractivity contribution is 5.04. The van der Waals surface area contributed by atoms with E-state index in [0.717, 1.165) is 18.5 Å². The monoisotopic (exact) mass is 268 g/mol. The van der Waals surface area contributed by atoms with Crippen LogP contribution in [-0.4, -0.2) is 33.2 Å². The van der Waals surface area contributed by atoms with Crippen LogP contribution >= 0.6 is 0 Å². The molecule has 0 saturated heterocycles. The van der Waals surface area contributed by atoms with Gasteiger partial charge in [-0.2, -0.15) is 5.10 Å². The molecule has 1 N–H and O–H groups in total. The lowest BCUT2D eigenvalue weighted by molar-refractivity contribution is -0.124. The van der Waals surface area contributed by atoms with Crippen molar-refractivity contribution in [3.63, 3.8) is 0 Å². The van der Waals surface area contributed by atoms with Crippen molar-refractivity contribution >= 4 is 0 Å². The van der Waals surface area contributed by atoms with Crippen LogP contribution in [0.2, 0.25) is 0 Å². The minimum absolute atomic E-state index is 0.347. The van der Waals surface area contributed by atoms with Crippen molar-refractivity contribution in [2.45, 2.75) is 71.6 Å². The van der Waals surface area contributed by atoms with Gasteiger partial charge in [-0.05, 0) is 39.7 Å². The zero-order chi connectivity index (χ0) is 14.5. The van der Waals surface area contributed by atoms with Crippen LogP contribution in [0.1, 0.15) is 59.2 Å². The van der Waals surface area contributed by atoms with Gasteiger partial charge >= 0.3 is 0 Å². The third-order valence-corrected chi connectivity index (χ3v) is 3.83. The quantitative estimate of drug-likeness (QED) is 0.788. The molecule has 1 aromatic heterocycles. The molecule has 0 aliphatic heterocycles. The molecular formula is C15H28N2O2. The zero-order valence-electron chi connectivity index (χ0n) is 12.9. The first-order chi connectivity index (χ1) is 8.99. The van der Waals surface area contributed by atoms with Gasteiger partial charge in [0.15, 0.2) is 0 Å². The van der Waals surface area contributed by atoms with Crippen LogP contribution in [0.15, 0.2) is 12.3 Å². The number of nitrogens with zero attached hydrogens (tertiary/aromatic N) is 2. The summed E-state index contributed by atoms with van der Waals surface area (Å²) in [6.07, 6.45) is 3.61. The van der Waals surface area contributed by atoms with Crippen molar-refractivity contribution < 1.29 is 9.84 Å². The van der Waals surface area contributed by atoms with Gasteiger partial charge in [-0.15, -0.1) is 0 Å². The topological polar surface area (TPSA) is 47.3 Å². The van der Waals surface area contributed by atoms with Crippen molar-refractivity contribution in [1.29, 1.82) is 0 Å². The highest BCUT2D eigenvalue weighted by Crippen LogP contribution is 2.27. The highest BCUT2D eigenvalue weighted by Gasteiger charge is 2.35. The minimum atomic E-state index is -0.516. The summed E-state index contributed by atoms with van der Waals surface area (Å²) in [5.41, 5.74) is 0.475. The third kappa shape index (κ3) is 3.80. The Balaban J connectivity index is 2.77. The number of aromatic nitrogens is 2. The average Bonchev–Trinajstić information content (AvgIpc) is 2.84. The van der Waals surface area contributed by atoms with Gasteiger partial charge < -0.3 is 9.84 Å². The summed E-state index contributed by atoms with van der Waals surface area (Å²) in [7, 11) is 0. The van der Waals surface area contributed by atoms with Gasteiger partial charge in [0.1, 0.15) is 0 Å². The molecule has 1 rings (SSSR count). The lowest BCUT2D eigenvalue weighted by atomic mass is 9.87. The molecule has 0 aliphatic rings. The maximum absolute atomic E-state index is 10.5. The van der Waals surface area contributed by atoms with Gasteiger partial charge in [0.05, 0.1) is 17.4 Å². The molecule has 19 heavy (non-hydrogen) atoms. The van der Waals surface area contributed by atoms with Gasteiger partial charge in [-0.3, -0.25) is 4.68 Å². The van der Waals surface area contributed by atoms with E-state index in [9.17, 15) is 5.11 Å². The van der Waals surface area contributed by atoms with Crippen molar-refractivity contribution in [3.05, 3.63) is 18.0 Å². The molecule has 1 atom stereocenters. The summed E-state index contributed by atoms with van der Waals surface area (Å²) < 4.78 is 7.75. The zero-order valence-corrected chi connectivity index (χ0v) is 12.9. The Bertz CT molecular complexity index is 370. The number of rotatable bonds is 8. The van der Waals surface area contributed by atoms with E-state index in [0.29, 0.717) is 19.1 Å².